The number of nitrogens with zero attached hydrogens (tertiary/aromatic N) is 3. The number of aromatic nitrogens is 2. The quantitative estimate of drug-likeness (QED) is 0.231. The van der Waals surface area contributed by atoms with Crippen LogP contribution in [0, 0.1) is 0 Å². The third-order valence-electron chi connectivity index (χ3n) is 6.45. The molecule has 0 saturated carbocycles. The molecule has 2 N–H and O–H groups in total. The molecule has 6 nitrogen and oxygen atoms in total. The highest BCUT2D eigenvalue weighted by Crippen LogP contribution is 2.31. The van der Waals surface area contributed by atoms with Gasteiger partial charge in [0, 0.05) is 30.5 Å². The van der Waals surface area contributed by atoms with E-state index in [0.29, 0.717) is 0 Å². The number of imidazole rings is 1. The Bertz CT molecular complexity index is 1620. The van der Waals surface area contributed by atoms with Gasteiger partial charge in [-0.25, -0.2) is 9.78 Å². The summed E-state index contributed by atoms with van der Waals surface area (Å²) in [5.41, 5.74) is 6.30. The predicted octanol–water partition coefficient (Wildman–Crippen LogP) is 7.07. The number of anilines is 1. The number of urea groups is 1. The Morgan fingerprint density at radius 2 is 1.57 bits per heavy atom. The first-order valence-electron chi connectivity index (χ1n) is 12.7. The van der Waals surface area contributed by atoms with Crippen molar-refractivity contribution in [3.63, 3.8) is 0 Å². The van der Waals surface area contributed by atoms with Gasteiger partial charge < -0.3 is 15.5 Å². The summed E-state index contributed by atoms with van der Waals surface area (Å²) in [6.45, 7) is 1.11. The van der Waals surface area contributed by atoms with Crippen LogP contribution in [0.3, 0.4) is 0 Å². The maximum absolute atomic E-state index is 12.9. The molecule has 0 bridgehead atoms. The molecule has 3 aromatic carbocycles. The second kappa shape index (κ2) is 11.2. The third-order valence-corrected chi connectivity index (χ3v) is 6.45. The first-order chi connectivity index (χ1) is 19.2. The van der Waals surface area contributed by atoms with E-state index < -0.39 is 17.8 Å². The molecule has 2 amide bonds. The molecule has 0 unspecified atom stereocenters. The van der Waals surface area contributed by atoms with Crippen LogP contribution in [0.5, 0.6) is 0 Å². The van der Waals surface area contributed by atoms with Crippen molar-refractivity contribution in [2.75, 3.05) is 19.4 Å². The van der Waals surface area contributed by atoms with Crippen LogP contribution in [0.2, 0.25) is 0 Å². The van der Waals surface area contributed by atoms with Crippen molar-refractivity contribution in [2.45, 2.75) is 19.3 Å². The van der Waals surface area contributed by atoms with E-state index in [1.54, 1.807) is 0 Å². The molecule has 204 valence electrons. The smallest absolute Gasteiger partial charge is 0.334 e. The molecule has 5 aromatic rings. The zero-order valence-electron chi connectivity index (χ0n) is 22.0. The minimum atomic E-state index is -4.48. The molecule has 2 heterocycles. The fraction of sp³-hybridized carbons (Fsp3) is 0.161. The highest BCUT2D eigenvalue weighted by molar-refractivity contribution is 5.89. The molecule has 0 fully saturated rings. The number of hydrogen-bond donors (Lipinski definition) is 2. The van der Waals surface area contributed by atoms with Gasteiger partial charge >= 0.3 is 12.2 Å². The Morgan fingerprint density at radius 3 is 2.27 bits per heavy atom. The number of nitrogens with one attached hydrogen (secondary N) is 2. The van der Waals surface area contributed by atoms with Crippen molar-refractivity contribution in [1.82, 2.24) is 19.6 Å². The van der Waals surface area contributed by atoms with Gasteiger partial charge in [-0.1, -0.05) is 54.6 Å². The average Bonchev–Trinajstić information content (AvgIpc) is 3.35. The normalized spacial score (nSPS) is 11.7. The first kappa shape index (κ1) is 27.0. The summed E-state index contributed by atoms with van der Waals surface area (Å²) in [5.74, 6) is 0. The van der Waals surface area contributed by atoms with Gasteiger partial charge in [0.2, 0.25) is 0 Å². The predicted molar refractivity (Wildman–Crippen MR) is 151 cm³/mol. The highest BCUT2D eigenvalue weighted by Gasteiger charge is 2.30. The molecule has 0 aliphatic carbocycles. The maximum atomic E-state index is 12.9. The Balaban J connectivity index is 1.23. The SMILES string of the molecule is CN(C)Cc1ccc(-c2ccn3c(-c4ccc(CNC(=O)Nc5cccc(C(F)(F)F)c5)cc4)cnc3c2)cc1. The third kappa shape index (κ3) is 6.32. The van der Waals surface area contributed by atoms with Crippen LogP contribution in [-0.4, -0.2) is 34.4 Å². The monoisotopic (exact) mass is 543 g/mol. The average molecular weight is 544 g/mol. The number of fused-ring (bicyclic) bond motifs is 1. The van der Waals surface area contributed by atoms with Gasteiger partial charge in [-0.3, -0.25) is 4.40 Å². The number of rotatable bonds is 7. The molecule has 2 aromatic heterocycles. The van der Waals surface area contributed by atoms with Crippen LogP contribution in [0.25, 0.3) is 28.0 Å². The summed E-state index contributed by atoms with van der Waals surface area (Å²) < 4.78 is 40.7. The maximum Gasteiger partial charge on any atom is 0.416 e. The van der Waals surface area contributed by atoms with Gasteiger partial charge in [-0.15, -0.1) is 0 Å². The van der Waals surface area contributed by atoms with Crippen molar-refractivity contribution in [3.8, 4) is 22.4 Å². The summed E-state index contributed by atoms with van der Waals surface area (Å²) in [7, 11) is 4.10. The Labute approximate surface area is 230 Å². The zero-order valence-corrected chi connectivity index (χ0v) is 22.0. The Hall–Kier alpha value is -4.63. The molecule has 0 saturated heterocycles. The van der Waals surface area contributed by atoms with Gasteiger partial charge in [0.1, 0.15) is 5.65 Å². The fourth-order valence-electron chi connectivity index (χ4n) is 4.47. The summed E-state index contributed by atoms with van der Waals surface area (Å²) in [4.78, 5) is 19.0. The van der Waals surface area contributed by atoms with Crippen molar-refractivity contribution < 1.29 is 18.0 Å². The Morgan fingerprint density at radius 1 is 0.875 bits per heavy atom. The van der Waals surface area contributed by atoms with Crippen LogP contribution < -0.4 is 10.6 Å². The number of pyridine rings is 1. The second-order valence-corrected chi connectivity index (χ2v) is 9.80. The number of carbonyl (C=O) groups excluding carboxylic acids is 1. The summed E-state index contributed by atoms with van der Waals surface area (Å²) in [6.07, 6.45) is -0.638. The lowest BCUT2D eigenvalue weighted by Crippen LogP contribution is -2.28. The highest BCUT2D eigenvalue weighted by atomic mass is 19.4. The van der Waals surface area contributed by atoms with Gasteiger partial charge in [-0.2, -0.15) is 13.2 Å². The van der Waals surface area contributed by atoms with E-state index in [9.17, 15) is 18.0 Å². The topological polar surface area (TPSA) is 61.7 Å². The minimum Gasteiger partial charge on any atom is -0.334 e. The zero-order chi connectivity index (χ0) is 28.3. The van der Waals surface area contributed by atoms with Crippen molar-refractivity contribution in [2.24, 2.45) is 0 Å². The molecule has 0 aliphatic rings. The lowest BCUT2D eigenvalue weighted by molar-refractivity contribution is -0.137. The molecule has 0 radical (unpaired) electrons. The van der Waals surface area contributed by atoms with Gasteiger partial charge in [0.05, 0.1) is 17.5 Å². The number of alkyl halides is 3. The van der Waals surface area contributed by atoms with Crippen molar-refractivity contribution in [1.29, 1.82) is 0 Å². The van der Waals surface area contributed by atoms with Gasteiger partial charge in [0.15, 0.2) is 0 Å². The minimum absolute atomic E-state index is 0.0692. The van der Waals surface area contributed by atoms with Gasteiger partial charge in [-0.05, 0) is 66.7 Å². The second-order valence-electron chi connectivity index (χ2n) is 9.80. The standard InChI is InChI=1S/C31H28F3N5O/c1-38(2)20-22-8-10-23(11-9-22)25-14-15-39-28(19-35-29(39)16-25)24-12-6-21(7-13-24)18-36-30(40)37-27-5-3-4-26(17-27)31(32,33)34/h3-17,19H,18,20H2,1-2H3,(H2,36,37,40). The number of halogens is 3. The van der Waals surface area contributed by atoms with E-state index in [0.717, 1.165) is 52.3 Å². The molecule has 0 aliphatic heterocycles. The molecule has 0 spiro atoms. The van der Waals surface area contributed by atoms with Crippen LogP contribution in [0.1, 0.15) is 16.7 Å². The number of hydrogen-bond acceptors (Lipinski definition) is 3. The molecule has 40 heavy (non-hydrogen) atoms. The van der Waals surface area contributed by atoms with E-state index in [2.05, 4.69) is 71.0 Å². The lowest BCUT2D eigenvalue weighted by Gasteiger charge is -2.11. The van der Waals surface area contributed by atoms with Crippen LogP contribution in [0.4, 0.5) is 23.7 Å². The molecular weight excluding hydrogens is 515 g/mol. The van der Waals surface area contributed by atoms with Gasteiger partial charge in [0.25, 0.3) is 0 Å². The van der Waals surface area contributed by atoms with Crippen LogP contribution in [0.15, 0.2) is 97.3 Å². The van der Waals surface area contributed by atoms with E-state index >= 15 is 0 Å². The van der Waals surface area contributed by atoms with Crippen molar-refractivity contribution in [3.05, 3.63) is 114 Å². The lowest BCUT2D eigenvalue weighted by atomic mass is 10.0. The van der Waals surface area contributed by atoms with E-state index in [-0.39, 0.29) is 12.2 Å². The number of carbonyl (C=O) groups is 1. The molecular formula is C31H28F3N5O. The number of amides is 2. The van der Waals surface area contributed by atoms with Crippen LogP contribution in [-0.2, 0) is 19.3 Å². The van der Waals surface area contributed by atoms with Crippen LogP contribution >= 0.6 is 0 Å². The molecule has 0 atom stereocenters. The van der Waals surface area contributed by atoms with Crippen molar-refractivity contribution >= 4 is 17.4 Å². The molecule has 5 rings (SSSR count). The van der Waals surface area contributed by atoms with E-state index in [4.69, 9.17) is 0 Å². The van der Waals surface area contributed by atoms with E-state index in [1.165, 1.54) is 17.7 Å². The molecule has 9 heteroatoms. The van der Waals surface area contributed by atoms with E-state index in [1.807, 2.05) is 41.1 Å². The largest absolute Gasteiger partial charge is 0.416 e. The summed E-state index contributed by atoms with van der Waals surface area (Å²) >= 11 is 0. The summed E-state index contributed by atoms with van der Waals surface area (Å²) in [6, 6.07) is 24.3. The first-order valence-corrected chi connectivity index (χ1v) is 12.7. The summed E-state index contributed by atoms with van der Waals surface area (Å²) in [5, 5.41) is 5.11. The Kier molecular flexibility index (Phi) is 7.57. The number of benzene rings is 3. The fourth-order valence-corrected chi connectivity index (χ4v) is 4.47.